The molecule has 4 heterocycles. The Balaban J connectivity index is 1.70. The van der Waals surface area contributed by atoms with Crippen molar-refractivity contribution in [2.45, 2.75) is 6.92 Å². The molecule has 0 saturated carbocycles. The molecule has 8 heteroatoms. The van der Waals surface area contributed by atoms with E-state index in [1.807, 2.05) is 61.5 Å². The van der Waals surface area contributed by atoms with Crippen LogP contribution in [0.25, 0.3) is 33.6 Å². The Morgan fingerprint density at radius 1 is 1.06 bits per heavy atom. The number of piperazine rings is 1. The SMILES string of the molecule is Cc1nn(C)cc1-c1cc(C(=O)N2CCN(C)CC2)c2c(-c3ccccc3)noc2n1. The summed E-state index contributed by atoms with van der Waals surface area (Å²) in [5.74, 6) is -0.0244. The molecule has 0 N–H and O–H groups in total. The van der Waals surface area contributed by atoms with Crippen LogP contribution in [0.5, 0.6) is 0 Å². The Hall–Kier alpha value is -3.52. The van der Waals surface area contributed by atoms with Gasteiger partial charge in [0.15, 0.2) is 0 Å². The fourth-order valence-corrected chi connectivity index (χ4v) is 4.08. The van der Waals surface area contributed by atoms with Crippen LogP contribution in [-0.2, 0) is 7.05 Å². The Labute approximate surface area is 180 Å². The molecule has 1 aliphatic heterocycles. The van der Waals surface area contributed by atoms with Gasteiger partial charge in [-0.3, -0.25) is 9.48 Å². The number of aryl methyl sites for hydroxylation is 2. The third kappa shape index (κ3) is 3.48. The first kappa shape index (κ1) is 19.4. The molecule has 1 amide bonds. The molecule has 0 radical (unpaired) electrons. The van der Waals surface area contributed by atoms with E-state index in [0.717, 1.165) is 29.9 Å². The third-order valence-corrected chi connectivity index (χ3v) is 5.80. The summed E-state index contributed by atoms with van der Waals surface area (Å²) in [5.41, 5.74) is 4.82. The molecule has 3 aromatic heterocycles. The lowest BCUT2D eigenvalue weighted by atomic mass is 10.0. The molecule has 31 heavy (non-hydrogen) atoms. The van der Waals surface area contributed by atoms with E-state index in [9.17, 15) is 4.79 Å². The van der Waals surface area contributed by atoms with Crippen molar-refractivity contribution < 1.29 is 9.32 Å². The second-order valence-corrected chi connectivity index (χ2v) is 8.03. The van der Waals surface area contributed by atoms with Crippen molar-refractivity contribution in [2.75, 3.05) is 33.2 Å². The quantitative estimate of drug-likeness (QED) is 0.511. The van der Waals surface area contributed by atoms with Gasteiger partial charge in [0, 0.05) is 50.6 Å². The van der Waals surface area contributed by atoms with Crippen molar-refractivity contribution in [1.82, 2.24) is 29.7 Å². The molecular formula is C23H24N6O2. The van der Waals surface area contributed by atoms with E-state index in [1.54, 1.807) is 4.68 Å². The summed E-state index contributed by atoms with van der Waals surface area (Å²) in [6.07, 6.45) is 1.90. The van der Waals surface area contributed by atoms with Gasteiger partial charge in [-0.1, -0.05) is 35.5 Å². The summed E-state index contributed by atoms with van der Waals surface area (Å²) >= 11 is 0. The van der Waals surface area contributed by atoms with Gasteiger partial charge in [-0.2, -0.15) is 5.10 Å². The number of rotatable bonds is 3. The lowest BCUT2D eigenvalue weighted by Crippen LogP contribution is -2.47. The molecule has 0 atom stereocenters. The standard InChI is InChI=1S/C23H24N6O2/c1-15-18(14-28(3)25-15)19-13-17(23(30)29-11-9-27(2)10-12-29)20-21(26-31-22(20)24-19)16-7-5-4-6-8-16/h4-8,13-14H,9-12H2,1-3H3. The molecule has 0 spiro atoms. The molecule has 0 bridgehead atoms. The topological polar surface area (TPSA) is 80.3 Å². The van der Waals surface area contributed by atoms with Crippen molar-refractivity contribution in [3.05, 3.63) is 53.9 Å². The summed E-state index contributed by atoms with van der Waals surface area (Å²) in [5, 5.41) is 9.37. The number of pyridine rings is 1. The molecule has 158 valence electrons. The van der Waals surface area contributed by atoms with Gasteiger partial charge in [0.2, 0.25) is 0 Å². The maximum atomic E-state index is 13.7. The highest BCUT2D eigenvalue weighted by Crippen LogP contribution is 2.34. The van der Waals surface area contributed by atoms with Crippen LogP contribution in [0.15, 0.2) is 47.1 Å². The second kappa shape index (κ2) is 7.63. The van der Waals surface area contributed by atoms with Crippen molar-refractivity contribution in [2.24, 2.45) is 7.05 Å². The fraction of sp³-hybridized carbons (Fsp3) is 0.304. The number of hydrogen-bond acceptors (Lipinski definition) is 6. The Morgan fingerprint density at radius 2 is 1.81 bits per heavy atom. The lowest BCUT2D eigenvalue weighted by Gasteiger charge is -2.32. The van der Waals surface area contributed by atoms with Gasteiger partial charge in [-0.15, -0.1) is 0 Å². The average Bonchev–Trinajstić information content (AvgIpc) is 3.36. The maximum Gasteiger partial charge on any atom is 0.259 e. The number of benzene rings is 1. The second-order valence-electron chi connectivity index (χ2n) is 8.03. The predicted molar refractivity (Wildman–Crippen MR) is 118 cm³/mol. The summed E-state index contributed by atoms with van der Waals surface area (Å²) in [6.45, 7) is 5.01. The number of fused-ring (bicyclic) bond motifs is 1. The van der Waals surface area contributed by atoms with Gasteiger partial charge in [0.1, 0.15) is 5.69 Å². The normalized spacial score (nSPS) is 15.0. The molecule has 1 fully saturated rings. The zero-order valence-corrected chi connectivity index (χ0v) is 17.9. The minimum absolute atomic E-state index is 0.0244. The zero-order chi connectivity index (χ0) is 21.5. The summed E-state index contributed by atoms with van der Waals surface area (Å²) in [6, 6.07) is 11.6. The van der Waals surface area contributed by atoms with Crippen LogP contribution in [0, 0.1) is 6.92 Å². The molecule has 1 aliphatic rings. The highest BCUT2D eigenvalue weighted by Gasteiger charge is 2.27. The first-order valence-corrected chi connectivity index (χ1v) is 10.4. The van der Waals surface area contributed by atoms with E-state index in [-0.39, 0.29) is 5.91 Å². The smallest absolute Gasteiger partial charge is 0.259 e. The highest BCUT2D eigenvalue weighted by molar-refractivity contribution is 6.10. The molecule has 1 aromatic carbocycles. The predicted octanol–water partition coefficient (Wildman–Crippen LogP) is 2.99. The molecular weight excluding hydrogens is 392 g/mol. The number of likely N-dealkylation sites (N-methyl/N-ethyl adjacent to an activating group) is 1. The Morgan fingerprint density at radius 3 is 2.48 bits per heavy atom. The van der Waals surface area contributed by atoms with Crippen molar-refractivity contribution in [3.8, 4) is 22.5 Å². The summed E-state index contributed by atoms with van der Waals surface area (Å²) < 4.78 is 7.38. The van der Waals surface area contributed by atoms with Crippen LogP contribution >= 0.6 is 0 Å². The van der Waals surface area contributed by atoms with Gasteiger partial charge in [-0.05, 0) is 20.0 Å². The van der Waals surface area contributed by atoms with E-state index in [0.29, 0.717) is 41.1 Å². The molecule has 1 saturated heterocycles. The van der Waals surface area contributed by atoms with E-state index >= 15 is 0 Å². The van der Waals surface area contributed by atoms with E-state index in [2.05, 4.69) is 22.2 Å². The zero-order valence-electron chi connectivity index (χ0n) is 17.9. The van der Waals surface area contributed by atoms with Gasteiger partial charge < -0.3 is 14.3 Å². The monoisotopic (exact) mass is 416 g/mol. The van der Waals surface area contributed by atoms with Gasteiger partial charge >= 0.3 is 0 Å². The lowest BCUT2D eigenvalue weighted by molar-refractivity contribution is 0.0666. The first-order chi connectivity index (χ1) is 15.0. The van der Waals surface area contributed by atoms with Crippen molar-refractivity contribution in [1.29, 1.82) is 0 Å². The Bertz CT molecular complexity index is 1250. The largest absolute Gasteiger partial charge is 0.336 e. The van der Waals surface area contributed by atoms with Gasteiger partial charge in [-0.25, -0.2) is 4.98 Å². The fourth-order valence-electron chi connectivity index (χ4n) is 4.08. The molecule has 8 nitrogen and oxygen atoms in total. The highest BCUT2D eigenvalue weighted by atomic mass is 16.5. The van der Waals surface area contributed by atoms with Gasteiger partial charge in [0.25, 0.3) is 11.6 Å². The number of nitrogens with zero attached hydrogens (tertiary/aromatic N) is 6. The molecule has 4 aromatic rings. The first-order valence-electron chi connectivity index (χ1n) is 10.4. The van der Waals surface area contributed by atoms with E-state index in [4.69, 9.17) is 9.51 Å². The van der Waals surface area contributed by atoms with Crippen LogP contribution in [0.4, 0.5) is 0 Å². The number of carbonyl (C=O) groups excluding carboxylic acids is 1. The van der Waals surface area contributed by atoms with Crippen molar-refractivity contribution >= 4 is 17.0 Å². The molecule has 0 unspecified atom stereocenters. The third-order valence-electron chi connectivity index (χ3n) is 5.80. The van der Waals surface area contributed by atoms with E-state index in [1.165, 1.54) is 0 Å². The summed E-state index contributed by atoms with van der Waals surface area (Å²) in [7, 11) is 3.94. The Kier molecular flexibility index (Phi) is 4.78. The van der Waals surface area contributed by atoms with Crippen LogP contribution in [0.3, 0.4) is 0 Å². The number of hydrogen-bond donors (Lipinski definition) is 0. The molecule has 0 aliphatic carbocycles. The minimum Gasteiger partial charge on any atom is -0.336 e. The van der Waals surface area contributed by atoms with Crippen molar-refractivity contribution in [3.63, 3.8) is 0 Å². The van der Waals surface area contributed by atoms with Crippen LogP contribution in [-0.4, -0.2) is 68.9 Å². The van der Waals surface area contributed by atoms with Crippen LogP contribution < -0.4 is 0 Å². The van der Waals surface area contributed by atoms with E-state index < -0.39 is 0 Å². The van der Waals surface area contributed by atoms with Crippen LogP contribution in [0.1, 0.15) is 16.1 Å². The average molecular weight is 416 g/mol. The van der Waals surface area contributed by atoms with Crippen LogP contribution in [0.2, 0.25) is 0 Å². The number of carbonyl (C=O) groups is 1. The van der Waals surface area contributed by atoms with Gasteiger partial charge in [0.05, 0.1) is 22.3 Å². The number of aromatic nitrogens is 4. The minimum atomic E-state index is -0.0244. The maximum absolute atomic E-state index is 13.7. The summed E-state index contributed by atoms with van der Waals surface area (Å²) in [4.78, 5) is 22.5. The number of amides is 1. The molecule has 5 rings (SSSR count).